The number of amides is 2. The maximum absolute atomic E-state index is 13.6. The highest BCUT2D eigenvalue weighted by atomic mass is 35.5. The smallest absolute Gasteiger partial charge is 0.338 e. The van der Waals surface area contributed by atoms with Crippen LogP contribution < -0.4 is 9.30 Å². The zero-order valence-corrected chi connectivity index (χ0v) is 23.9. The third-order valence-corrected chi connectivity index (χ3v) is 7.19. The molecule has 2 aromatic heterocycles. The first-order valence-corrected chi connectivity index (χ1v) is 13.3. The molecule has 1 aliphatic rings. The van der Waals surface area contributed by atoms with Crippen LogP contribution in [0.25, 0.3) is 11.5 Å². The molecule has 3 heterocycles. The second kappa shape index (κ2) is 11.8. The van der Waals surface area contributed by atoms with Crippen molar-refractivity contribution < 1.29 is 28.2 Å². The number of halogens is 1. The number of methoxy groups -OCH3 is 1. The second-order valence-corrected chi connectivity index (χ2v) is 10.1. The number of urea groups is 1. The summed E-state index contributed by atoms with van der Waals surface area (Å²) in [5.41, 5.74) is 2.23. The van der Waals surface area contributed by atoms with Crippen LogP contribution in [-0.4, -0.2) is 57.3 Å². The molecule has 1 unspecified atom stereocenters. The summed E-state index contributed by atoms with van der Waals surface area (Å²) in [5.74, 6) is 0.762. The Morgan fingerprint density at radius 2 is 1.88 bits per heavy atom. The van der Waals surface area contributed by atoms with Gasteiger partial charge in [0.15, 0.2) is 5.82 Å². The number of carbonyl (C=O) groups is 2. The monoisotopic (exact) mass is 577 g/mol. The Balaban J connectivity index is 1.44. The lowest BCUT2D eigenvalue weighted by molar-refractivity contribution is -0.671. The molecule has 11 nitrogen and oxygen atoms in total. The summed E-state index contributed by atoms with van der Waals surface area (Å²) >= 11 is 6.17. The number of nitrogens with zero attached hydrogens (tertiary/aromatic N) is 6. The summed E-state index contributed by atoms with van der Waals surface area (Å²) in [6.45, 7) is 2.36. The Morgan fingerprint density at radius 3 is 2.54 bits per heavy atom. The lowest BCUT2D eigenvalue weighted by Gasteiger charge is -2.41. The van der Waals surface area contributed by atoms with E-state index in [-0.39, 0.29) is 25.0 Å². The van der Waals surface area contributed by atoms with Crippen molar-refractivity contribution in [1.82, 2.24) is 24.5 Å². The van der Waals surface area contributed by atoms with Gasteiger partial charge in [-0.05, 0) is 48.9 Å². The lowest BCUT2D eigenvalue weighted by atomic mass is 9.93. The third kappa shape index (κ3) is 5.94. The van der Waals surface area contributed by atoms with Crippen LogP contribution in [0.4, 0.5) is 4.79 Å². The molecule has 0 N–H and O–H groups in total. The van der Waals surface area contributed by atoms with Crippen LogP contribution in [0.15, 0.2) is 83.0 Å². The van der Waals surface area contributed by atoms with Crippen LogP contribution in [0.1, 0.15) is 24.4 Å². The minimum Gasteiger partial charge on any atom is -0.497 e. The van der Waals surface area contributed by atoms with Crippen LogP contribution in [0.5, 0.6) is 5.75 Å². The highest BCUT2D eigenvalue weighted by molar-refractivity contribution is 6.30. The average Bonchev–Trinajstić information content (AvgIpc) is 3.62. The standard InChI is InChI=1S/C29H30ClN6O5/c1-19-25(28(37)40-16-15-35-14-13-33(2)18-35)26(20-5-9-22(30)10-6-20)36(29(38)34(19)3)17-24-31-27(41-32-24)21-7-11-23(39-4)12-8-21/h5-14,18,26H,15-17H2,1-4H3/q+1. The van der Waals surface area contributed by atoms with Gasteiger partial charge in [0.25, 0.3) is 5.89 Å². The normalized spacial score (nSPS) is 15.4. The van der Waals surface area contributed by atoms with Crippen molar-refractivity contribution in [2.24, 2.45) is 7.05 Å². The van der Waals surface area contributed by atoms with Crippen molar-refractivity contribution in [3.05, 3.63) is 94.9 Å². The van der Waals surface area contributed by atoms with Gasteiger partial charge in [-0.15, -0.1) is 0 Å². The van der Waals surface area contributed by atoms with Crippen molar-refractivity contribution in [2.45, 2.75) is 26.1 Å². The highest BCUT2D eigenvalue weighted by Crippen LogP contribution is 2.38. The van der Waals surface area contributed by atoms with Gasteiger partial charge in [-0.1, -0.05) is 28.9 Å². The first-order valence-electron chi connectivity index (χ1n) is 12.9. The molecule has 0 fully saturated rings. The molecular weight excluding hydrogens is 548 g/mol. The van der Waals surface area contributed by atoms with Gasteiger partial charge in [-0.25, -0.2) is 18.7 Å². The van der Waals surface area contributed by atoms with E-state index in [1.807, 2.05) is 34.9 Å². The second-order valence-electron chi connectivity index (χ2n) is 9.62. The number of esters is 1. The van der Waals surface area contributed by atoms with Crippen molar-refractivity contribution >= 4 is 23.6 Å². The summed E-state index contributed by atoms with van der Waals surface area (Å²) in [4.78, 5) is 34.7. The zero-order chi connectivity index (χ0) is 29.1. The van der Waals surface area contributed by atoms with E-state index in [0.717, 1.165) is 0 Å². The molecule has 0 aliphatic carbocycles. The summed E-state index contributed by atoms with van der Waals surface area (Å²) in [6.07, 6.45) is 5.70. The molecule has 0 spiro atoms. The van der Waals surface area contributed by atoms with E-state index in [2.05, 4.69) is 10.1 Å². The maximum Gasteiger partial charge on any atom is 0.338 e. The fourth-order valence-electron chi connectivity index (χ4n) is 4.67. The molecule has 12 heteroatoms. The van der Waals surface area contributed by atoms with E-state index in [9.17, 15) is 9.59 Å². The fraction of sp³-hybridized carbons (Fsp3) is 0.276. The molecule has 0 saturated heterocycles. The molecule has 212 valence electrons. The summed E-state index contributed by atoms with van der Waals surface area (Å²) in [7, 11) is 5.13. The fourth-order valence-corrected chi connectivity index (χ4v) is 4.79. The Kier molecular flexibility index (Phi) is 8.06. The Hall–Kier alpha value is -4.64. The molecular formula is C29H30ClN6O5+. The van der Waals surface area contributed by atoms with Crippen LogP contribution in [-0.2, 0) is 29.7 Å². The largest absolute Gasteiger partial charge is 0.497 e. The number of hydrogen-bond acceptors (Lipinski definition) is 7. The summed E-state index contributed by atoms with van der Waals surface area (Å²) < 4.78 is 20.3. The Labute approximate surface area is 242 Å². The molecule has 4 aromatic rings. The number of hydrogen-bond donors (Lipinski definition) is 0. The van der Waals surface area contributed by atoms with Crippen LogP contribution in [0.3, 0.4) is 0 Å². The highest BCUT2D eigenvalue weighted by Gasteiger charge is 2.41. The molecule has 0 saturated carbocycles. The lowest BCUT2D eigenvalue weighted by Crippen LogP contribution is -2.49. The third-order valence-electron chi connectivity index (χ3n) is 6.94. The number of rotatable bonds is 9. The number of benzene rings is 2. The Bertz CT molecular complexity index is 1580. The molecule has 5 rings (SSSR count). The van der Waals surface area contributed by atoms with E-state index < -0.39 is 12.0 Å². The van der Waals surface area contributed by atoms with Gasteiger partial charge < -0.3 is 23.8 Å². The van der Waals surface area contributed by atoms with Crippen molar-refractivity contribution in [1.29, 1.82) is 0 Å². The quantitative estimate of drug-likeness (QED) is 0.217. The van der Waals surface area contributed by atoms with Crippen LogP contribution in [0, 0.1) is 0 Å². The van der Waals surface area contributed by atoms with E-state index in [4.69, 9.17) is 25.6 Å². The van der Waals surface area contributed by atoms with Gasteiger partial charge in [0, 0.05) is 23.3 Å². The predicted molar refractivity (Wildman–Crippen MR) is 148 cm³/mol. The van der Waals surface area contributed by atoms with Gasteiger partial charge in [0.1, 0.15) is 31.3 Å². The van der Waals surface area contributed by atoms with E-state index in [1.165, 1.54) is 9.80 Å². The van der Waals surface area contributed by atoms with Crippen molar-refractivity contribution in [3.8, 4) is 17.2 Å². The van der Waals surface area contributed by atoms with E-state index >= 15 is 0 Å². The number of carbonyl (C=O) groups excluding carboxylic acids is 2. The predicted octanol–water partition coefficient (Wildman–Crippen LogP) is 4.15. The van der Waals surface area contributed by atoms with Crippen LogP contribution >= 0.6 is 11.6 Å². The summed E-state index contributed by atoms with van der Waals surface area (Å²) in [5, 5.41) is 4.65. The number of imidazole rings is 1. The number of ether oxygens (including phenoxy) is 2. The minimum absolute atomic E-state index is 0.0138. The molecule has 0 bridgehead atoms. The number of aromatic nitrogens is 4. The summed E-state index contributed by atoms with van der Waals surface area (Å²) in [6, 6.07) is 13.1. The molecule has 1 atom stereocenters. The van der Waals surface area contributed by atoms with E-state index in [0.29, 0.717) is 45.6 Å². The molecule has 0 radical (unpaired) electrons. The molecule has 1 aliphatic heterocycles. The van der Waals surface area contributed by atoms with Gasteiger partial charge in [0.2, 0.25) is 6.33 Å². The number of aryl methyl sites for hydroxylation is 1. The van der Waals surface area contributed by atoms with Gasteiger partial charge in [0.05, 0.1) is 32.3 Å². The van der Waals surface area contributed by atoms with Gasteiger partial charge in [-0.2, -0.15) is 4.98 Å². The maximum atomic E-state index is 13.6. The van der Waals surface area contributed by atoms with Crippen molar-refractivity contribution in [2.75, 3.05) is 20.8 Å². The first-order chi connectivity index (χ1) is 19.7. The molecule has 41 heavy (non-hydrogen) atoms. The Morgan fingerprint density at radius 1 is 1.15 bits per heavy atom. The van der Waals surface area contributed by atoms with Gasteiger partial charge in [-0.3, -0.25) is 0 Å². The topological polar surface area (TPSA) is 107 Å². The SMILES string of the molecule is COc1ccc(-c2nc(CN3C(=O)N(C)C(C)=C(C(=O)OCCn4cc[n+](C)c4)C3c3ccc(Cl)cc3)no2)cc1. The van der Waals surface area contributed by atoms with Crippen LogP contribution in [0.2, 0.25) is 5.02 Å². The molecule has 2 amide bonds. The van der Waals surface area contributed by atoms with Crippen molar-refractivity contribution in [3.63, 3.8) is 0 Å². The molecule has 2 aromatic carbocycles. The average molecular weight is 578 g/mol. The first kappa shape index (κ1) is 27.9. The van der Waals surface area contributed by atoms with E-state index in [1.54, 1.807) is 69.6 Å². The minimum atomic E-state index is -0.768. The number of allylic oxidation sites excluding steroid dienone is 1. The zero-order valence-electron chi connectivity index (χ0n) is 23.2. The van der Waals surface area contributed by atoms with Gasteiger partial charge >= 0.3 is 12.0 Å².